The Kier molecular flexibility index (Phi) is 4.66. The molecule has 0 amide bonds. The van der Waals surface area contributed by atoms with E-state index in [1.165, 1.54) is 18.2 Å². The fourth-order valence-electron chi connectivity index (χ4n) is 2.24. The fourth-order valence-corrected chi connectivity index (χ4v) is 4.47. The lowest BCUT2D eigenvalue weighted by Crippen LogP contribution is -2.33. The summed E-state index contributed by atoms with van der Waals surface area (Å²) in [4.78, 5) is 0.169. The molecule has 0 bridgehead atoms. The molecule has 0 aromatic heterocycles. The van der Waals surface area contributed by atoms with Gasteiger partial charge in [0.05, 0.1) is 15.6 Å². The molecule has 0 radical (unpaired) electrons. The van der Waals surface area contributed by atoms with Crippen LogP contribution in [0.1, 0.15) is 19.3 Å². The maximum atomic E-state index is 12.2. The molecule has 0 heterocycles. The Hall–Kier alpha value is -0.430. The number of anilines is 1. The minimum absolute atomic E-state index is 0.0133. The van der Waals surface area contributed by atoms with Crippen LogP contribution in [-0.4, -0.2) is 26.0 Å². The van der Waals surface area contributed by atoms with Crippen LogP contribution in [0.25, 0.3) is 0 Å². The first-order chi connectivity index (χ1) is 8.92. The van der Waals surface area contributed by atoms with Gasteiger partial charge in [0.25, 0.3) is 0 Å². The molecule has 1 fully saturated rings. The largest absolute Gasteiger partial charge is 0.397 e. The van der Waals surface area contributed by atoms with E-state index in [1.807, 2.05) is 0 Å². The Bertz CT molecular complexity index is 563. The standard InChI is InChI=1S/C12H17ClN2O2S2/c1-18-9-3-2-8(6-9)15-19(16,17)10-4-5-11(13)12(14)7-10/h4-5,7-9,15H,2-3,6,14H2,1H3. The molecule has 0 saturated heterocycles. The summed E-state index contributed by atoms with van der Waals surface area (Å²) in [5.74, 6) is 0. The highest BCUT2D eigenvalue weighted by atomic mass is 35.5. The number of nitrogens with two attached hydrogens (primary N) is 1. The second-order valence-corrected chi connectivity index (χ2v) is 7.93. The van der Waals surface area contributed by atoms with E-state index in [9.17, 15) is 8.42 Å². The molecule has 19 heavy (non-hydrogen) atoms. The summed E-state index contributed by atoms with van der Waals surface area (Å²) in [6.07, 6.45) is 4.87. The monoisotopic (exact) mass is 320 g/mol. The van der Waals surface area contributed by atoms with Crippen LogP contribution in [0.15, 0.2) is 23.1 Å². The molecular formula is C12H17ClN2O2S2. The summed E-state index contributed by atoms with van der Waals surface area (Å²) < 4.78 is 27.2. The van der Waals surface area contributed by atoms with Crippen molar-refractivity contribution >= 4 is 39.1 Å². The zero-order chi connectivity index (χ0) is 14.0. The van der Waals surface area contributed by atoms with E-state index < -0.39 is 10.0 Å². The zero-order valence-electron chi connectivity index (χ0n) is 10.6. The molecule has 4 nitrogen and oxygen atoms in total. The first kappa shape index (κ1) is 15.0. The predicted molar refractivity (Wildman–Crippen MR) is 81.1 cm³/mol. The summed E-state index contributed by atoms with van der Waals surface area (Å²) in [7, 11) is -3.51. The van der Waals surface area contributed by atoms with Crippen LogP contribution in [0, 0.1) is 0 Å². The third kappa shape index (κ3) is 3.56. The Labute approximate surface area is 123 Å². The highest BCUT2D eigenvalue weighted by molar-refractivity contribution is 7.99. The Morgan fingerprint density at radius 2 is 2.16 bits per heavy atom. The Morgan fingerprint density at radius 1 is 1.42 bits per heavy atom. The minimum Gasteiger partial charge on any atom is -0.397 e. The van der Waals surface area contributed by atoms with Crippen molar-refractivity contribution in [3.8, 4) is 0 Å². The molecule has 2 rings (SSSR count). The van der Waals surface area contributed by atoms with E-state index in [2.05, 4.69) is 11.0 Å². The SMILES string of the molecule is CSC1CCC(NS(=O)(=O)c2ccc(Cl)c(N)c2)C1. The van der Waals surface area contributed by atoms with Crippen molar-refractivity contribution in [1.29, 1.82) is 0 Å². The Morgan fingerprint density at radius 3 is 2.74 bits per heavy atom. The number of sulfonamides is 1. The van der Waals surface area contributed by atoms with Gasteiger partial charge < -0.3 is 5.73 Å². The quantitative estimate of drug-likeness (QED) is 0.836. The number of thioether (sulfide) groups is 1. The second kappa shape index (κ2) is 5.91. The van der Waals surface area contributed by atoms with Gasteiger partial charge in [-0.1, -0.05) is 11.6 Å². The summed E-state index contributed by atoms with van der Waals surface area (Å²) >= 11 is 7.59. The van der Waals surface area contributed by atoms with E-state index in [-0.39, 0.29) is 16.6 Å². The number of halogens is 1. The van der Waals surface area contributed by atoms with Crippen LogP contribution in [-0.2, 0) is 10.0 Å². The molecule has 1 aliphatic carbocycles. The van der Waals surface area contributed by atoms with Crippen LogP contribution in [0.5, 0.6) is 0 Å². The summed E-state index contributed by atoms with van der Waals surface area (Å²) in [5.41, 5.74) is 5.92. The van der Waals surface area contributed by atoms with E-state index in [4.69, 9.17) is 17.3 Å². The molecule has 7 heteroatoms. The van der Waals surface area contributed by atoms with Gasteiger partial charge in [-0.3, -0.25) is 0 Å². The molecule has 0 spiro atoms. The van der Waals surface area contributed by atoms with Gasteiger partial charge in [0, 0.05) is 11.3 Å². The van der Waals surface area contributed by atoms with Crippen LogP contribution in [0.4, 0.5) is 5.69 Å². The van der Waals surface area contributed by atoms with Crippen LogP contribution in [0.2, 0.25) is 5.02 Å². The maximum absolute atomic E-state index is 12.2. The molecule has 1 aromatic rings. The van der Waals surface area contributed by atoms with Gasteiger partial charge in [-0.15, -0.1) is 0 Å². The molecular weight excluding hydrogens is 304 g/mol. The van der Waals surface area contributed by atoms with Crippen molar-refractivity contribution in [2.24, 2.45) is 0 Å². The van der Waals surface area contributed by atoms with Gasteiger partial charge in [0.1, 0.15) is 0 Å². The fraction of sp³-hybridized carbons (Fsp3) is 0.500. The molecule has 106 valence electrons. The van der Waals surface area contributed by atoms with Gasteiger partial charge in [-0.2, -0.15) is 11.8 Å². The van der Waals surface area contributed by atoms with Crippen molar-refractivity contribution in [2.45, 2.75) is 35.4 Å². The lowest BCUT2D eigenvalue weighted by atomic mass is 10.3. The Balaban J connectivity index is 2.12. The maximum Gasteiger partial charge on any atom is 0.240 e. The van der Waals surface area contributed by atoms with E-state index in [1.54, 1.807) is 11.8 Å². The van der Waals surface area contributed by atoms with Crippen molar-refractivity contribution in [3.63, 3.8) is 0 Å². The third-order valence-electron chi connectivity index (χ3n) is 3.32. The van der Waals surface area contributed by atoms with Gasteiger partial charge in [-0.25, -0.2) is 13.1 Å². The summed E-state index contributed by atoms with van der Waals surface area (Å²) in [6, 6.07) is 4.39. The zero-order valence-corrected chi connectivity index (χ0v) is 13.0. The van der Waals surface area contributed by atoms with Crippen molar-refractivity contribution in [3.05, 3.63) is 23.2 Å². The minimum atomic E-state index is -3.51. The van der Waals surface area contributed by atoms with Gasteiger partial charge in [0.2, 0.25) is 10.0 Å². The van der Waals surface area contributed by atoms with Crippen LogP contribution >= 0.6 is 23.4 Å². The van der Waals surface area contributed by atoms with E-state index in [0.717, 1.165) is 19.3 Å². The highest BCUT2D eigenvalue weighted by Gasteiger charge is 2.28. The second-order valence-electron chi connectivity index (χ2n) is 4.67. The number of nitrogen functional groups attached to an aromatic ring is 1. The number of benzene rings is 1. The number of nitrogens with one attached hydrogen (secondary N) is 1. The number of hydrogen-bond acceptors (Lipinski definition) is 4. The molecule has 2 unspecified atom stereocenters. The number of rotatable bonds is 4. The van der Waals surface area contributed by atoms with Crippen molar-refractivity contribution < 1.29 is 8.42 Å². The lowest BCUT2D eigenvalue weighted by molar-refractivity contribution is 0.552. The van der Waals surface area contributed by atoms with E-state index in [0.29, 0.717) is 10.3 Å². The van der Waals surface area contributed by atoms with E-state index >= 15 is 0 Å². The average molecular weight is 321 g/mol. The van der Waals surface area contributed by atoms with Crippen molar-refractivity contribution in [2.75, 3.05) is 12.0 Å². The molecule has 0 aliphatic heterocycles. The lowest BCUT2D eigenvalue weighted by Gasteiger charge is -2.13. The van der Waals surface area contributed by atoms with Crippen molar-refractivity contribution in [1.82, 2.24) is 4.72 Å². The van der Waals surface area contributed by atoms with Gasteiger partial charge in [-0.05, 0) is 43.7 Å². The predicted octanol–water partition coefficient (Wildman–Crippen LogP) is 2.48. The topological polar surface area (TPSA) is 72.2 Å². The van der Waals surface area contributed by atoms with Crippen LogP contribution in [0.3, 0.4) is 0 Å². The smallest absolute Gasteiger partial charge is 0.240 e. The number of hydrogen-bond donors (Lipinski definition) is 2. The van der Waals surface area contributed by atoms with Crippen LogP contribution < -0.4 is 10.5 Å². The average Bonchev–Trinajstić information content (AvgIpc) is 2.79. The third-order valence-corrected chi connectivity index (χ3v) is 6.27. The molecule has 1 aliphatic rings. The van der Waals surface area contributed by atoms with Gasteiger partial charge in [0.15, 0.2) is 0 Å². The normalized spacial score (nSPS) is 23.7. The molecule has 1 aromatic carbocycles. The first-order valence-electron chi connectivity index (χ1n) is 6.02. The molecule has 2 atom stereocenters. The molecule has 1 saturated carbocycles. The highest BCUT2D eigenvalue weighted by Crippen LogP contribution is 2.29. The van der Waals surface area contributed by atoms with Gasteiger partial charge >= 0.3 is 0 Å². The molecule has 3 N–H and O–H groups in total. The summed E-state index contributed by atoms with van der Waals surface area (Å²) in [6.45, 7) is 0. The first-order valence-corrected chi connectivity index (χ1v) is 9.17. The summed E-state index contributed by atoms with van der Waals surface area (Å²) in [5, 5.41) is 0.908.